The molecule has 2 rings (SSSR count). The van der Waals surface area contributed by atoms with Gasteiger partial charge < -0.3 is 5.73 Å². The predicted molar refractivity (Wildman–Crippen MR) is 61.5 cm³/mol. The second-order valence-electron chi connectivity index (χ2n) is 3.03. The Morgan fingerprint density at radius 3 is 2.31 bits per heavy atom. The smallest absolute Gasteiger partial charge is 0.106 e. The van der Waals surface area contributed by atoms with Crippen LogP contribution >= 0.6 is 40.7 Å². The molecule has 0 aliphatic heterocycles. The molecule has 5 heteroatoms. The summed E-state index contributed by atoms with van der Waals surface area (Å²) < 4.78 is 0.866. The van der Waals surface area contributed by atoms with Gasteiger partial charge in [0.2, 0.25) is 0 Å². The van der Waals surface area contributed by atoms with Crippen molar-refractivity contribution < 1.29 is 0 Å². The van der Waals surface area contributed by atoms with Crippen LogP contribution in [0.15, 0.2) is 22.9 Å². The zero-order valence-corrected chi connectivity index (χ0v) is 10.1. The fraction of sp³-hybridized carbons (Fsp3) is 0.375. The number of aromatic nitrogens is 1. The molecule has 0 amide bonds. The molecule has 0 radical (unpaired) electrons. The van der Waals surface area contributed by atoms with E-state index < -0.39 is 0 Å². The average Bonchev–Trinajstić information content (AvgIpc) is 2.70. The highest BCUT2D eigenvalue weighted by molar-refractivity contribution is 9.10. The summed E-state index contributed by atoms with van der Waals surface area (Å²) in [7, 11) is 0. The highest BCUT2D eigenvalue weighted by Crippen LogP contribution is 2.42. The molecule has 1 fully saturated rings. The van der Waals surface area contributed by atoms with Crippen molar-refractivity contribution in [3.8, 4) is 0 Å². The molecule has 13 heavy (non-hydrogen) atoms. The van der Waals surface area contributed by atoms with E-state index in [4.69, 9.17) is 5.73 Å². The van der Waals surface area contributed by atoms with Gasteiger partial charge in [0.15, 0.2) is 0 Å². The highest BCUT2D eigenvalue weighted by Gasteiger charge is 2.40. The summed E-state index contributed by atoms with van der Waals surface area (Å²) in [5.74, 6) is 0. The maximum absolute atomic E-state index is 5.96. The lowest BCUT2D eigenvalue weighted by atomic mass is 10.1. The Labute approximate surface area is 98.3 Å². The molecule has 1 aromatic rings. The van der Waals surface area contributed by atoms with Gasteiger partial charge in [-0.05, 0) is 40.4 Å². The van der Waals surface area contributed by atoms with E-state index in [0.29, 0.717) is 0 Å². The quantitative estimate of drug-likeness (QED) is 0.806. The van der Waals surface area contributed by atoms with E-state index in [1.54, 1.807) is 0 Å². The Hall–Kier alpha value is 0.170. The number of pyridine rings is 1. The van der Waals surface area contributed by atoms with Gasteiger partial charge in [0.1, 0.15) is 4.60 Å². The predicted octanol–water partition coefficient (Wildman–Crippen LogP) is 2.64. The molecule has 1 aliphatic rings. The Bertz CT molecular complexity index is 272. The van der Waals surface area contributed by atoms with Gasteiger partial charge in [-0.15, -0.1) is 24.8 Å². The molecule has 2 N–H and O–H groups in total. The van der Waals surface area contributed by atoms with Gasteiger partial charge in [-0.1, -0.05) is 6.07 Å². The first-order valence-electron chi connectivity index (χ1n) is 3.62. The van der Waals surface area contributed by atoms with E-state index in [0.717, 1.165) is 23.0 Å². The fourth-order valence-electron chi connectivity index (χ4n) is 1.09. The summed E-state index contributed by atoms with van der Waals surface area (Å²) in [4.78, 5) is 4.12. The molecule has 0 bridgehead atoms. The van der Waals surface area contributed by atoms with Gasteiger partial charge in [0, 0.05) is 11.7 Å². The summed E-state index contributed by atoms with van der Waals surface area (Å²) >= 11 is 3.28. The monoisotopic (exact) mass is 284 g/mol. The number of rotatable bonds is 1. The molecule has 1 aliphatic carbocycles. The fourth-order valence-corrected chi connectivity index (χ4v) is 1.33. The van der Waals surface area contributed by atoms with Crippen molar-refractivity contribution in [2.24, 2.45) is 5.73 Å². The van der Waals surface area contributed by atoms with Gasteiger partial charge in [-0.25, -0.2) is 4.98 Å². The first kappa shape index (κ1) is 13.2. The molecular weight excluding hydrogens is 275 g/mol. The number of hydrogen-bond acceptors (Lipinski definition) is 2. The number of nitrogens with two attached hydrogens (primary N) is 1. The van der Waals surface area contributed by atoms with Crippen LogP contribution in [0.25, 0.3) is 0 Å². The van der Waals surface area contributed by atoms with Crippen molar-refractivity contribution in [1.29, 1.82) is 0 Å². The van der Waals surface area contributed by atoms with Crippen molar-refractivity contribution in [2.45, 2.75) is 18.4 Å². The molecule has 0 aromatic carbocycles. The van der Waals surface area contributed by atoms with Crippen LogP contribution in [0, 0.1) is 0 Å². The molecule has 1 saturated carbocycles. The number of nitrogens with zero attached hydrogens (tertiary/aromatic N) is 1. The minimum atomic E-state index is -0.0479. The lowest BCUT2D eigenvalue weighted by molar-refractivity contribution is 0.734. The van der Waals surface area contributed by atoms with Crippen LogP contribution in [0.3, 0.4) is 0 Å². The van der Waals surface area contributed by atoms with Crippen molar-refractivity contribution >= 4 is 40.7 Å². The molecule has 0 atom stereocenters. The van der Waals surface area contributed by atoms with E-state index in [1.807, 2.05) is 18.3 Å². The minimum Gasteiger partial charge on any atom is -0.321 e. The van der Waals surface area contributed by atoms with Gasteiger partial charge in [-0.2, -0.15) is 0 Å². The van der Waals surface area contributed by atoms with E-state index in [1.165, 1.54) is 0 Å². The maximum Gasteiger partial charge on any atom is 0.106 e. The Morgan fingerprint density at radius 2 is 1.92 bits per heavy atom. The van der Waals surface area contributed by atoms with E-state index >= 15 is 0 Å². The Kier molecular flexibility index (Phi) is 4.66. The molecule has 1 heterocycles. The summed E-state index contributed by atoms with van der Waals surface area (Å²) in [6.07, 6.45) is 4.03. The molecule has 0 spiro atoms. The third-order valence-electron chi connectivity index (χ3n) is 2.09. The lowest BCUT2D eigenvalue weighted by Crippen LogP contribution is -2.18. The van der Waals surface area contributed by atoms with E-state index in [-0.39, 0.29) is 30.4 Å². The normalized spacial score (nSPS) is 16.8. The molecule has 2 nitrogen and oxygen atoms in total. The summed E-state index contributed by atoms with van der Waals surface area (Å²) in [6, 6.07) is 3.96. The van der Waals surface area contributed by atoms with Gasteiger partial charge in [-0.3, -0.25) is 0 Å². The van der Waals surface area contributed by atoms with Gasteiger partial charge in [0.25, 0.3) is 0 Å². The van der Waals surface area contributed by atoms with Crippen LogP contribution in [0.4, 0.5) is 0 Å². The van der Waals surface area contributed by atoms with E-state index in [2.05, 4.69) is 20.9 Å². The average molecular weight is 286 g/mol. The third-order valence-corrected chi connectivity index (χ3v) is 2.56. The van der Waals surface area contributed by atoms with Crippen molar-refractivity contribution in [2.75, 3.05) is 0 Å². The van der Waals surface area contributed by atoms with E-state index in [9.17, 15) is 0 Å². The highest BCUT2D eigenvalue weighted by atomic mass is 79.9. The largest absolute Gasteiger partial charge is 0.321 e. The van der Waals surface area contributed by atoms with Crippen molar-refractivity contribution in [1.82, 2.24) is 4.98 Å². The molecule has 74 valence electrons. The van der Waals surface area contributed by atoms with Crippen LogP contribution in [-0.2, 0) is 5.54 Å². The van der Waals surface area contributed by atoms with Crippen LogP contribution in [0.1, 0.15) is 18.4 Å². The zero-order valence-electron chi connectivity index (χ0n) is 6.87. The number of hydrogen-bond donors (Lipinski definition) is 1. The summed E-state index contributed by atoms with van der Waals surface area (Å²) in [5, 5.41) is 0. The first-order chi connectivity index (χ1) is 5.21. The third kappa shape index (κ3) is 2.81. The molecule has 0 saturated heterocycles. The molecular formula is C8H11BrCl2N2. The van der Waals surface area contributed by atoms with Crippen LogP contribution in [0.2, 0.25) is 0 Å². The first-order valence-corrected chi connectivity index (χ1v) is 4.41. The SMILES string of the molecule is Cl.Cl.NC1(c2ccc(Br)nc2)CC1. The number of halogens is 3. The van der Waals surface area contributed by atoms with Crippen molar-refractivity contribution in [3.63, 3.8) is 0 Å². The second-order valence-corrected chi connectivity index (χ2v) is 3.84. The minimum absolute atomic E-state index is 0. The standard InChI is InChI=1S/C8H9BrN2.2ClH/c9-7-2-1-6(5-11-7)8(10)3-4-8;;/h1-2,5H,3-4,10H2;2*1H. The van der Waals surface area contributed by atoms with Gasteiger partial charge >= 0.3 is 0 Å². The summed E-state index contributed by atoms with van der Waals surface area (Å²) in [5.41, 5.74) is 7.07. The van der Waals surface area contributed by atoms with Crippen LogP contribution < -0.4 is 5.73 Å². The zero-order chi connectivity index (χ0) is 7.90. The molecule has 0 unspecified atom stereocenters. The van der Waals surface area contributed by atoms with Crippen molar-refractivity contribution in [3.05, 3.63) is 28.5 Å². The topological polar surface area (TPSA) is 38.9 Å². The molecule has 1 aromatic heterocycles. The lowest BCUT2D eigenvalue weighted by Gasteiger charge is -2.06. The Morgan fingerprint density at radius 1 is 1.31 bits per heavy atom. The second kappa shape index (κ2) is 4.60. The maximum atomic E-state index is 5.96. The Balaban J connectivity index is 0.000000720. The van der Waals surface area contributed by atoms with Crippen LogP contribution in [-0.4, -0.2) is 4.98 Å². The van der Waals surface area contributed by atoms with Crippen LogP contribution in [0.5, 0.6) is 0 Å². The van der Waals surface area contributed by atoms with Gasteiger partial charge in [0.05, 0.1) is 0 Å². The summed E-state index contributed by atoms with van der Waals surface area (Å²) in [6.45, 7) is 0.